The van der Waals surface area contributed by atoms with Crippen LogP contribution in [0.4, 0.5) is 0 Å². The molecule has 2 rings (SSSR count). The molecule has 0 aliphatic heterocycles. The first-order valence-corrected chi connectivity index (χ1v) is 8.20. The van der Waals surface area contributed by atoms with Gasteiger partial charge in [0.15, 0.2) is 0 Å². The van der Waals surface area contributed by atoms with Gasteiger partial charge < -0.3 is 19.5 Å². The number of ether oxygens (including phenoxy) is 1. The van der Waals surface area contributed by atoms with Crippen molar-refractivity contribution in [2.45, 2.75) is 26.9 Å². The van der Waals surface area contributed by atoms with Crippen molar-refractivity contribution in [2.75, 3.05) is 35.3 Å². The maximum atomic E-state index is 10.9. The van der Waals surface area contributed by atoms with E-state index in [4.69, 9.17) is 4.74 Å². The first-order chi connectivity index (χ1) is 11.7. The monoisotopic (exact) mass is 346 g/mol. The van der Waals surface area contributed by atoms with E-state index in [1.54, 1.807) is 19.4 Å². The number of hydrogen-bond donors (Lipinski definition) is 1. The molecule has 6 heteroatoms. The van der Waals surface area contributed by atoms with Crippen LogP contribution in [0.2, 0.25) is 0 Å². The number of hydrogen-bond acceptors (Lipinski definition) is 5. The molecule has 0 atom stereocenters. The van der Waals surface area contributed by atoms with Gasteiger partial charge in [0.2, 0.25) is 11.4 Å². The lowest BCUT2D eigenvalue weighted by Gasteiger charge is -2.12. The summed E-state index contributed by atoms with van der Waals surface area (Å²) in [5, 5.41) is 0. The van der Waals surface area contributed by atoms with Crippen molar-refractivity contribution in [1.82, 2.24) is 19.8 Å². The maximum absolute atomic E-state index is 10.9. The van der Waals surface area contributed by atoms with E-state index in [-0.39, 0.29) is 5.56 Å². The second-order valence-corrected chi connectivity index (χ2v) is 6.63. The zero-order valence-electron chi connectivity index (χ0n) is 16.4. The Kier molecular flexibility index (Phi) is 8.31. The second-order valence-electron chi connectivity index (χ2n) is 6.63. The number of H-pyrrole nitrogens is 1. The Bertz CT molecular complexity index is 724. The summed E-state index contributed by atoms with van der Waals surface area (Å²) < 4.78 is 5.03. The fourth-order valence-electron chi connectivity index (χ4n) is 2.29. The van der Waals surface area contributed by atoms with Gasteiger partial charge in [0.1, 0.15) is 0 Å². The molecule has 0 fully saturated rings. The van der Waals surface area contributed by atoms with Crippen LogP contribution in [0.1, 0.15) is 22.3 Å². The molecular formula is C19H30N4O2. The van der Waals surface area contributed by atoms with Gasteiger partial charge in [-0.25, -0.2) is 4.98 Å². The van der Waals surface area contributed by atoms with Crippen molar-refractivity contribution >= 4 is 0 Å². The molecule has 25 heavy (non-hydrogen) atoms. The van der Waals surface area contributed by atoms with Crippen molar-refractivity contribution in [2.24, 2.45) is 0 Å². The van der Waals surface area contributed by atoms with Crippen molar-refractivity contribution < 1.29 is 4.74 Å². The molecule has 138 valence electrons. The number of rotatable bonds is 5. The number of nitrogens with one attached hydrogen (secondary N) is 1. The summed E-state index contributed by atoms with van der Waals surface area (Å²) in [5.74, 6) is 0.681. The first kappa shape index (κ1) is 20.9. The average Bonchev–Trinajstić information content (AvgIpc) is 2.52. The zero-order valence-corrected chi connectivity index (χ0v) is 16.4. The molecule has 0 radical (unpaired) electrons. The Labute approximate surface area is 150 Å². The van der Waals surface area contributed by atoms with Crippen molar-refractivity contribution in [3.05, 3.63) is 57.1 Å². The van der Waals surface area contributed by atoms with Gasteiger partial charge in [0.05, 0.1) is 7.11 Å². The predicted octanol–water partition coefficient (Wildman–Crippen LogP) is 2.21. The summed E-state index contributed by atoms with van der Waals surface area (Å²) in [6.45, 7) is 5.81. The van der Waals surface area contributed by atoms with E-state index in [1.165, 1.54) is 16.7 Å². The molecule has 0 aliphatic carbocycles. The summed E-state index contributed by atoms with van der Waals surface area (Å²) in [4.78, 5) is 21.9. The molecule has 2 aromatic rings. The molecule has 0 spiro atoms. The molecule has 0 saturated carbocycles. The molecular weight excluding hydrogens is 316 g/mol. The molecule has 0 bridgehead atoms. The third kappa shape index (κ3) is 7.49. The highest BCUT2D eigenvalue weighted by Crippen LogP contribution is 2.14. The summed E-state index contributed by atoms with van der Waals surface area (Å²) >= 11 is 0. The third-order valence-electron chi connectivity index (χ3n) is 3.62. The highest BCUT2D eigenvalue weighted by molar-refractivity contribution is 5.27. The van der Waals surface area contributed by atoms with Crippen LogP contribution in [0.3, 0.4) is 0 Å². The summed E-state index contributed by atoms with van der Waals surface area (Å²) in [5.41, 5.74) is 4.65. The molecule has 0 unspecified atom stereocenters. The van der Waals surface area contributed by atoms with Crippen LogP contribution < -0.4 is 10.3 Å². The Balaban J connectivity index is 0.000000251. The smallest absolute Gasteiger partial charge is 0.248 e. The molecule has 2 aromatic heterocycles. The summed E-state index contributed by atoms with van der Waals surface area (Å²) in [7, 11) is 9.73. The van der Waals surface area contributed by atoms with E-state index in [0.717, 1.165) is 18.7 Å². The number of pyridine rings is 2. The van der Waals surface area contributed by atoms with Crippen molar-refractivity contribution in [3.63, 3.8) is 0 Å². The average molecular weight is 346 g/mol. The lowest BCUT2D eigenvalue weighted by atomic mass is 10.1. The standard InChI is InChI=1S/C10H16N2O.C9H14N2O/c1-8-5-10(13-4)11-6-9(8)7-12(2)3;1-7-4-9(12)10-5-8(7)6-11(2)3/h5-6H,7H2,1-4H3;4-5H,6H2,1-3H3,(H,10,12). The van der Waals surface area contributed by atoms with Gasteiger partial charge in [-0.2, -0.15) is 0 Å². The van der Waals surface area contributed by atoms with E-state index < -0.39 is 0 Å². The van der Waals surface area contributed by atoms with Crippen LogP contribution in [0, 0.1) is 13.8 Å². The quantitative estimate of drug-likeness (QED) is 0.899. The number of nitrogens with zero attached hydrogens (tertiary/aromatic N) is 3. The molecule has 6 nitrogen and oxygen atoms in total. The van der Waals surface area contributed by atoms with E-state index in [0.29, 0.717) is 5.88 Å². The van der Waals surface area contributed by atoms with Crippen LogP contribution in [-0.4, -0.2) is 55.1 Å². The van der Waals surface area contributed by atoms with Crippen molar-refractivity contribution in [1.29, 1.82) is 0 Å². The largest absolute Gasteiger partial charge is 0.481 e. The number of aromatic nitrogens is 2. The zero-order chi connectivity index (χ0) is 19.0. The number of aromatic amines is 1. The molecule has 1 N–H and O–H groups in total. The second kappa shape index (κ2) is 9.96. The lowest BCUT2D eigenvalue weighted by molar-refractivity contribution is 0.389. The Morgan fingerprint density at radius 3 is 2.04 bits per heavy atom. The molecule has 0 aromatic carbocycles. The van der Waals surface area contributed by atoms with Crippen molar-refractivity contribution in [3.8, 4) is 5.88 Å². The van der Waals surface area contributed by atoms with Crippen LogP contribution >= 0.6 is 0 Å². The fourth-order valence-corrected chi connectivity index (χ4v) is 2.29. The van der Waals surface area contributed by atoms with Crippen LogP contribution in [0.15, 0.2) is 29.3 Å². The minimum atomic E-state index is -0.0324. The minimum Gasteiger partial charge on any atom is -0.481 e. The predicted molar refractivity (Wildman–Crippen MR) is 102 cm³/mol. The normalized spacial score (nSPS) is 10.6. The SMILES string of the molecule is COc1cc(C)c(CN(C)C)cn1.Cc1cc(=O)[nH]cc1CN(C)C. The minimum absolute atomic E-state index is 0.0324. The summed E-state index contributed by atoms with van der Waals surface area (Å²) in [6, 6.07) is 3.58. The number of aryl methyl sites for hydroxylation is 2. The summed E-state index contributed by atoms with van der Waals surface area (Å²) in [6.07, 6.45) is 3.64. The number of methoxy groups -OCH3 is 1. The van der Waals surface area contributed by atoms with E-state index in [2.05, 4.69) is 26.7 Å². The Hall–Kier alpha value is -2.18. The first-order valence-electron chi connectivity index (χ1n) is 8.20. The highest BCUT2D eigenvalue weighted by atomic mass is 16.5. The Morgan fingerprint density at radius 1 is 1.00 bits per heavy atom. The van der Waals surface area contributed by atoms with Gasteiger partial charge in [-0.1, -0.05) is 0 Å². The van der Waals surface area contributed by atoms with E-state index in [9.17, 15) is 4.79 Å². The van der Waals surface area contributed by atoms with Gasteiger partial charge in [0.25, 0.3) is 0 Å². The highest BCUT2D eigenvalue weighted by Gasteiger charge is 2.02. The molecule has 0 saturated heterocycles. The van der Waals surface area contributed by atoms with Gasteiger partial charge >= 0.3 is 0 Å². The van der Waals surface area contributed by atoms with Gasteiger partial charge in [-0.05, 0) is 64.3 Å². The van der Waals surface area contributed by atoms with E-state index in [1.807, 2.05) is 47.4 Å². The fraction of sp³-hybridized carbons (Fsp3) is 0.474. The topological polar surface area (TPSA) is 61.5 Å². The van der Waals surface area contributed by atoms with Gasteiger partial charge in [0, 0.05) is 37.6 Å². The van der Waals surface area contributed by atoms with Crippen LogP contribution in [0.5, 0.6) is 5.88 Å². The maximum Gasteiger partial charge on any atom is 0.248 e. The van der Waals surface area contributed by atoms with Gasteiger partial charge in [-0.15, -0.1) is 0 Å². The lowest BCUT2D eigenvalue weighted by Crippen LogP contribution is -2.14. The van der Waals surface area contributed by atoms with Crippen LogP contribution in [-0.2, 0) is 13.1 Å². The van der Waals surface area contributed by atoms with Crippen LogP contribution in [0.25, 0.3) is 0 Å². The molecule has 2 heterocycles. The van der Waals surface area contributed by atoms with E-state index >= 15 is 0 Å². The Morgan fingerprint density at radius 2 is 1.56 bits per heavy atom. The van der Waals surface area contributed by atoms with Gasteiger partial charge in [-0.3, -0.25) is 4.79 Å². The molecule has 0 amide bonds. The molecule has 0 aliphatic rings. The third-order valence-corrected chi connectivity index (χ3v) is 3.62.